The molecule has 0 N–H and O–H groups in total. The summed E-state index contributed by atoms with van der Waals surface area (Å²) in [5, 5.41) is 0. The third kappa shape index (κ3) is 4.41. The number of esters is 2. The maximum Gasteiger partial charge on any atom is 0.338 e. The van der Waals surface area contributed by atoms with E-state index in [9.17, 15) is 9.59 Å². The summed E-state index contributed by atoms with van der Waals surface area (Å²) in [7, 11) is 0. The number of carbonyl (C=O) groups excluding carboxylic acids is 2. The van der Waals surface area contributed by atoms with Crippen molar-refractivity contribution in [2.75, 3.05) is 0 Å². The molecule has 1 aliphatic rings. The molecular weight excluding hydrogens is 428 g/mol. The Bertz CT molecular complexity index is 1270. The maximum absolute atomic E-state index is 13.1. The standard InChI is InChI=1S/C29H22O5/c30-28(21-14-6-2-7-15-21)33-26-23-18-10-11-19-24(23)32-25(20-12-4-1-5-13-20)27(26)34-29(31)22-16-8-3-9-17-22/h1-19,25-27H/t25-,26-,27-/m1/s1. The summed E-state index contributed by atoms with van der Waals surface area (Å²) in [6, 6.07) is 34.3. The van der Waals surface area contributed by atoms with Gasteiger partial charge in [-0.2, -0.15) is 0 Å². The van der Waals surface area contributed by atoms with E-state index < -0.39 is 30.3 Å². The minimum Gasteiger partial charge on any atom is -0.481 e. The quantitative estimate of drug-likeness (QED) is 0.352. The van der Waals surface area contributed by atoms with Gasteiger partial charge in [-0.1, -0.05) is 84.9 Å². The molecule has 4 aromatic rings. The van der Waals surface area contributed by atoms with Gasteiger partial charge in [0, 0.05) is 5.56 Å². The van der Waals surface area contributed by atoms with E-state index in [-0.39, 0.29) is 0 Å². The molecule has 34 heavy (non-hydrogen) atoms. The molecule has 0 radical (unpaired) electrons. The highest BCUT2D eigenvalue weighted by molar-refractivity contribution is 5.90. The number of ether oxygens (including phenoxy) is 3. The van der Waals surface area contributed by atoms with Crippen molar-refractivity contribution in [1.29, 1.82) is 0 Å². The normalized spacial score (nSPS) is 18.8. The van der Waals surface area contributed by atoms with Crippen LogP contribution in [0.25, 0.3) is 0 Å². The van der Waals surface area contributed by atoms with Gasteiger partial charge in [0.2, 0.25) is 0 Å². The fraction of sp³-hybridized carbons (Fsp3) is 0.103. The van der Waals surface area contributed by atoms with E-state index >= 15 is 0 Å². The second-order valence-electron chi connectivity index (χ2n) is 7.91. The number of benzene rings is 4. The van der Waals surface area contributed by atoms with Gasteiger partial charge in [-0.25, -0.2) is 9.59 Å². The summed E-state index contributed by atoms with van der Waals surface area (Å²) >= 11 is 0. The predicted octanol–water partition coefficient (Wildman–Crippen LogP) is 5.94. The van der Waals surface area contributed by atoms with Crippen LogP contribution in [0.5, 0.6) is 5.75 Å². The van der Waals surface area contributed by atoms with Gasteiger partial charge in [-0.3, -0.25) is 0 Å². The molecule has 0 saturated carbocycles. The van der Waals surface area contributed by atoms with Crippen molar-refractivity contribution in [3.05, 3.63) is 138 Å². The summed E-state index contributed by atoms with van der Waals surface area (Å²) in [6.45, 7) is 0. The zero-order chi connectivity index (χ0) is 23.3. The Hall–Kier alpha value is -4.38. The Morgan fingerprint density at radius 1 is 0.588 bits per heavy atom. The van der Waals surface area contributed by atoms with Crippen LogP contribution in [0, 0.1) is 0 Å². The first-order chi connectivity index (χ1) is 16.7. The first-order valence-electron chi connectivity index (χ1n) is 11.0. The second kappa shape index (κ2) is 9.63. The maximum atomic E-state index is 13.1. The first-order valence-corrected chi connectivity index (χ1v) is 11.0. The number of carbonyl (C=O) groups is 2. The molecule has 0 aliphatic carbocycles. The molecule has 0 unspecified atom stereocenters. The fourth-order valence-corrected chi connectivity index (χ4v) is 4.04. The van der Waals surface area contributed by atoms with Crippen LogP contribution in [-0.2, 0) is 9.47 Å². The average Bonchev–Trinajstić information content (AvgIpc) is 2.91. The summed E-state index contributed by atoms with van der Waals surface area (Å²) in [5.41, 5.74) is 2.27. The molecule has 3 atom stereocenters. The highest BCUT2D eigenvalue weighted by Gasteiger charge is 2.44. The molecule has 0 fully saturated rings. The third-order valence-corrected chi connectivity index (χ3v) is 5.70. The molecule has 0 aromatic heterocycles. The van der Waals surface area contributed by atoms with Crippen molar-refractivity contribution in [1.82, 2.24) is 0 Å². The van der Waals surface area contributed by atoms with Crippen molar-refractivity contribution >= 4 is 11.9 Å². The van der Waals surface area contributed by atoms with Crippen molar-refractivity contribution in [2.45, 2.75) is 18.3 Å². The lowest BCUT2D eigenvalue weighted by molar-refractivity contribution is -0.0908. The summed E-state index contributed by atoms with van der Waals surface area (Å²) in [6.07, 6.45) is -2.44. The molecule has 1 heterocycles. The van der Waals surface area contributed by atoms with Crippen LogP contribution in [0.3, 0.4) is 0 Å². The number of hydrogen-bond acceptors (Lipinski definition) is 5. The van der Waals surface area contributed by atoms with Crippen LogP contribution in [0.4, 0.5) is 0 Å². The van der Waals surface area contributed by atoms with E-state index in [2.05, 4.69) is 0 Å². The van der Waals surface area contributed by atoms with Crippen LogP contribution in [-0.4, -0.2) is 18.0 Å². The van der Waals surface area contributed by atoms with Gasteiger partial charge in [0.1, 0.15) is 5.75 Å². The Morgan fingerprint density at radius 2 is 1.09 bits per heavy atom. The van der Waals surface area contributed by atoms with E-state index in [4.69, 9.17) is 14.2 Å². The largest absolute Gasteiger partial charge is 0.481 e. The number of fused-ring (bicyclic) bond motifs is 1. The minimum absolute atomic E-state index is 0.404. The van der Waals surface area contributed by atoms with Crippen molar-refractivity contribution in [3.8, 4) is 5.75 Å². The Balaban J connectivity index is 1.56. The molecule has 4 aromatic carbocycles. The van der Waals surface area contributed by atoms with Gasteiger partial charge >= 0.3 is 11.9 Å². The monoisotopic (exact) mass is 450 g/mol. The van der Waals surface area contributed by atoms with Gasteiger partial charge in [0.05, 0.1) is 11.1 Å². The predicted molar refractivity (Wildman–Crippen MR) is 126 cm³/mol. The lowest BCUT2D eigenvalue weighted by atomic mass is 9.91. The number of rotatable bonds is 5. The summed E-state index contributed by atoms with van der Waals surface area (Å²) in [4.78, 5) is 26.1. The highest BCUT2D eigenvalue weighted by atomic mass is 16.6. The van der Waals surface area contributed by atoms with Gasteiger partial charge < -0.3 is 14.2 Å². The van der Waals surface area contributed by atoms with Crippen LogP contribution in [0.2, 0.25) is 0 Å². The fourth-order valence-electron chi connectivity index (χ4n) is 4.04. The van der Waals surface area contributed by atoms with Crippen LogP contribution in [0.1, 0.15) is 44.1 Å². The first kappa shape index (κ1) is 21.5. The van der Waals surface area contributed by atoms with Gasteiger partial charge in [0.25, 0.3) is 0 Å². The SMILES string of the molecule is O=C(O[C@@H]1[C@@H](c2ccccc2)Oc2ccccc2[C@H]1OC(=O)c1ccccc1)c1ccccc1. The molecule has 5 nitrogen and oxygen atoms in total. The average molecular weight is 450 g/mol. The molecule has 0 spiro atoms. The molecule has 1 aliphatic heterocycles. The zero-order valence-electron chi connectivity index (χ0n) is 18.2. The highest BCUT2D eigenvalue weighted by Crippen LogP contribution is 2.45. The van der Waals surface area contributed by atoms with E-state index in [1.54, 1.807) is 48.5 Å². The second-order valence-corrected chi connectivity index (χ2v) is 7.91. The van der Waals surface area contributed by atoms with Gasteiger partial charge in [0.15, 0.2) is 18.3 Å². The molecule has 0 bridgehead atoms. The Labute approximate surface area is 197 Å². The van der Waals surface area contributed by atoms with Gasteiger partial charge in [-0.05, 0) is 35.9 Å². The summed E-state index contributed by atoms with van der Waals surface area (Å²) < 4.78 is 18.3. The molecule has 0 amide bonds. The lowest BCUT2D eigenvalue weighted by Gasteiger charge is -2.38. The van der Waals surface area contributed by atoms with Gasteiger partial charge in [-0.15, -0.1) is 0 Å². The lowest BCUT2D eigenvalue weighted by Crippen LogP contribution is -2.40. The van der Waals surface area contributed by atoms with Crippen LogP contribution in [0.15, 0.2) is 115 Å². The van der Waals surface area contributed by atoms with Crippen LogP contribution < -0.4 is 4.74 Å². The van der Waals surface area contributed by atoms with Crippen molar-refractivity contribution in [3.63, 3.8) is 0 Å². The minimum atomic E-state index is -0.905. The van der Waals surface area contributed by atoms with E-state index in [0.717, 1.165) is 5.56 Å². The third-order valence-electron chi connectivity index (χ3n) is 5.70. The van der Waals surface area contributed by atoms with E-state index in [1.165, 1.54) is 0 Å². The Morgan fingerprint density at radius 3 is 1.71 bits per heavy atom. The van der Waals surface area contributed by atoms with E-state index in [0.29, 0.717) is 22.4 Å². The van der Waals surface area contributed by atoms with Crippen molar-refractivity contribution < 1.29 is 23.8 Å². The molecule has 5 heteroatoms. The molecule has 0 saturated heterocycles. The number of hydrogen-bond donors (Lipinski definition) is 0. The molecular formula is C29H22O5. The summed E-state index contributed by atoms with van der Waals surface area (Å²) in [5.74, 6) is -0.445. The van der Waals surface area contributed by atoms with Crippen molar-refractivity contribution in [2.24, 2.45) is 0 Å². The Kier molecular flexibility index (Phi) is 6.08. The molecule has 168 valence electrons. The number of para-hydroxylation sites is 1. The van der Waals surface area contributed by atoms with E-state index in [1.807, 2.05) is 66.7 Å². The zero-order valence-corrected chi connectivity index (χ0v) is 18.2. The van der Waals surface area contributed by atoms with Crippen LogP contribution >= 0.6 is 0 Å². The smallest absolute Gasteiger partial charge is 0.338 e. The molecule has 5 rings (SSSR count). The topological polar surface area (TPSA) is 61.8 Å².